The van der Waals surface area contributed by atoms with Crippen LogP contribution in [0.4, 0.5) is 8.78 Å². The van der Waals surface area contributed by atoms with Gasteiger partial charge in [-0.2, -0.15) is 0 Å². The van der Waals surface area contributed by atoms with Crippen LogP contribution in [0.5, 0.6) is 0 Å². The number of carboxylic acids is 1. The molecule has 2 aromatic rings. The Bertz CT molecular complexity index is 651. The fraction of sp³-hybridized carbons (Fsp3) is 0.0556. The maximum absolute atomic E-state index is 13.1. The van der Waals surface area contributed by atoms with E-state index in [1.165, 1.54) is 30.3 Å². The molecule has 2 rings (SSSR count). The van der Waals surface area contributed by atoms with Gasteiger partial charge in [0.15, 0.2) is 0 Å². The summed E-state index contributed by atoms with van der Waals surface area (Å²) in [5.74, 6) is -1.61. The standard InChI is InChI=1S/C18H14F2O2/c19-15-9-5-13(6-10-15)17(3-1-2-4-18(21)22)14-7-11-16(20)12-8-14/h1-3,5-12H,4H2,(H,21,22)/b2-1+. The Labute approximate surface area is 127 Å². The Morgan fingerprint density at radius 2 is 1.36 bits per heavy atom. The smallest absolute Gasteiger partial charge is 0.307 e. The van der Waals surface area contributed by atoms with Gasteiger partial charge in [0.25, 0.3) is 0 Å². The third-order valence-electron chi connectivity index (χ3n) is 3.00. The van der Waals surface area contributed by atoms with E-state index in [0.717, 1.165) is 16.7 Å². The second kappa shape index (κ2) is 7.31. The molecule has 0 saturated carbocycles. The van der Waals surface area contributed by atoms with Crippen molar-refractivity contribution in [3.63, 3.8) is 0 Å². The molecule has 0 fully saturated rings. The van der Waals surface area contributed by atoms with E-state index in [2.05, 4.69) is 0 Å². The van der Waals surface area contributed by atoms with E-state index in [9.17, 15) is 13.6 Å². The van der Waals surface area contributed by atoms with Gasteiger partial charge < -0.3 is 5.11 Å². The van der Waals surface area contributed by atoms with E-state index in [0.29, 0.717) is 0 Å². The molecule has 0 spiro atoms. The zero-order valence-electron chi connectivity index (χ0n) is 11.7. The number of benzene rings is 2. The lowest BCUT2D eigenvalue weighted by atomic mass is 9.97. The van der Waals surface area contributed by atoms with Gasteiger partial charge in [-0.05, 0) is 41.0 Å². The van der Waals surface area contributed by atoms with Crippen molar-refractivity contribution in [2.75, 3.05) is 0 Å². The van der Waals surface area contributed by atoms with Gasteiger partial charge in [0.1, 0.15) is 11.6 Å². The van der Waals surface area contributed by atoms with Crippen molar-refractivity contribution in [3.05, 3.63) is 89.5 Å². The summed E-state index contributed by atoms with van der Waals surface area (Å²) in [5, 5.41) is 8.62. The Hall–Kier alpha value is -2.75. The summed E-state index contributed by atoms with van der Waals surface area (Å²) < 4.78 is 26.1. The molecule has 0 unspecified atom stereocenters. The molecule has 0 aliphatic heterocycles. The summed E-state index contributed by atoms with van der Waals surface area (Å²) in [4.78, 5) is 10.5. The molecule has 0 saturated heterocycles. The first-order valence-electron chi connectivity index (χ1n) is 6.67. The van der Waals surface area contributed by atoms with Crippen molar-refractivity contribution in [2.24, 2.45) is 0 Å². The lowest BCUT2D eigenvalue weighted by Gasteiger charge is -2.08. The predicted molar refractivity (Wildman–Crippen MR) is 81.3 cm³/mol. The fourth-order valence-corrected chi connectivity index (χ4v) is 1.95. The highest BCUT2D eigenvalue weighted by molar-refractivity contribution is 5.80. The van der Waals surface area contributed by atoms with E-state index in [1.807, 2.05) is 0 Å². The second-order valence-electron chi connectivity index (χ2n) is 4.62. The average Bonchev–Trinajstić information content (AvgIpc) is 2.50. The molecule has 4 heteroatoms. The molecule has 22 heavy (non-hydrogen) atoms. The largest absolute Gasteiger partial charge is 0.481 e. The minimum absolute atomic E-state index is 0.0867. The number of halogens is 2. The first-order valence-corrected chi connectivity index (χ1v) is 6.67. The molecule has 2 nitrogen and oxygen atoms in total. The first-order chi connectivity index (χ1) is 10.6. The van der Waals surface area contributed by atoms with Crippen molar-refractivity contribution in [3.8, 4) is 0 Å². The van der Waals surface area contributed by atoms with Gasteiger partial charge in [-0.15, -0.1) is 0 Å². The normalized spacial score (nSPS) is 10.6. The quantitative estimate of drug-likeness (QED) is 0.830. The first kappa shape index (κ1) is 15.6. The topological polar surface area (TPSA) is 37.3 Å². The number of rotatable bonds is 5. The summed E-state index contributed by atoms with van der Waals surface area (Å²) in [6, 6.07) is 11.8. The molecule has 0 aromatic heterocycles. The highest BCUT2D eigenvalue weighted by Crippen LogP contribution is 2.24. The van der Waals surface area contributed by atoms with Gasteiger partial charge in [-0.3, -0.25) is 4.79 Å². The van der Waals surface area contributed by atoms with Gasteiger partial charge in [-0.1, -0.05) is 42.5 Å². The molecule has 0 aliphatic rings. The van der Waals surface area contributed by atoms with Crippen molar-refractivity contribution in [2.45, 2.75) is 6.42 Å². The molecular weight excluding hydrogens is 286 g/mol. The number of carbonyl (C=O) groups is 1. The minimum Gasteiger partial charge on any atom is -0.481 e. The monoisotopic (exact) mass is 300 g/mol. The van der Waals surface area contributed by atoms with Gasteiger partial charge in [0.05, 0.1) is 6.42 Å². The van der Waals surface area contributed by atoms with Crippen LogP contribution in [0.3, 0.4) is 0 Å². The third kappa shape index (κ3) is 4.38. The average molecular weight is 300 g/mol. The lowest BCUT2D eigenvalue weighted by Crippen LogP contribution is -1.90. The molecule has 0 amide bonds. The van der Waals surface area contributed by atoms with Crippen molar-refractivity contribution >= 4 is 11.5 Å². The maximum Gasteiger partial charge on any atom is 0.307 e. The Kier molecular flexibility index (Phi) is 5.20. The maximum atomic E-state index is 13.1. The van der Waals surface area contributed by atoms with Crippen molar-refractivity contribution < 1.29 is 18.7 Å². The van der Waals surface area contributed by atoms with Crippen LogP contribution >= 0.6 is 0 Å². The number of carboxylic acid groups (broad SMARTS) is 1. The second-order valence-corrected chi connectivity index (χ2v) is 4.62. The van der Waals surface area contributed by atoms with Crippen molar-refractivity contribution in [1.29, 1.82) is 0 Å². The van der Waals surface area contributed by atoms with E-state index >= 15 is 0 Å². The van der Waals surface area contributed by atoms with Gasteiger partial charge in [-0.25, -0.2) is 8.78 Å². The summed E-state index contributed by atoms with van der Waals surface area (Å²) in [5.41, 5.74) is 2.27. The van der Waals surface area contributed by atoms with Crippen LogP contribution < -0.4 is 0 Å². The lowest BCUT2D eigenvalue weighted by molar-refractivity contribution is -0.136. The molecule has 0 heterocycles. The van der Waals surface area contributed by atoms with Crippen LogP contribution in [0.15, 0.2) is 66.8 Å². The molecule has 2 aromatic carbocycles. The third-order valence-corrected chi connectivity index (χ3v) is 3.00. The Morgan fingerprint density at radius 1 is 0.909 bits per heavy atom. The van der Waals surface area contributed by atoms with E-state index in [1.54, 1.807) is 36.4 Å². The van der Waals surface area contributed by atoms with Gasteiger partial charge in [0.2, 0.25) is 0 Å². The molecule has 0 radical (unpaired) electrons. The number of aliphatic carboxylic acids is 1. The van der Waals surface area contributed by atoms with Crippen LogP contribution in [0.25, 0.3) is 5.57 Å². The van der Waals surface area contributed by atoms with Crippen LogP contribution in [-0.2, 0) is 4.79 Å². The van der Waals surface area contributed by atoms with Gasteiger partial charge >= 0.3 is 5.97 Å². The van der Waals surface area contributed by atoms with Crippen LogP contribution in [0.2, 0.25) is 0 Å². The molecule has 112 valence electrons. The summed E-state index contributed by atoms with van der Waals surface area (Å²) in [6.45, 7) is 0. The molecule has 0 atom stereocenters. The van der Waals surface area contributed by atoms with E-state index < -0.39 is 5.97 Å². The van der Waals surface area contributed by atoms with E-state index in [4.69, 9.17) is 5.11 Å². The van der Waals surface area contributed by atoms with Crippen molar-refractivity contribution in [1.82, 2.24) is 0 Å². The number of hydrogen-bond donors (Lipinski definition) is 1. The molecule has 1 N–H and O–H groups in total. The highest BCUT2D eigenvalue weighted by atomic mass is 19.1. The summed E-state index contributed by atoms with van der Waals surface area (Å²) in [7, 11) is 0. The number of allylic oxidation sites excluding steroid dienone is 2. The zero-order valence-corrected chi connectivity index (χ0v) is 11.7. The Balaban J connectivity index is 2.37. The zero-order chi connectivity index (χ0) is 15.9. The number of hydrogen-bond acceptors (Lipinski definition) is 1. The summed E-state index contributed by atoms with van der Waals surface area (Å²) >= 11 is 0. The minimum atomic E-state index is -0.922. The SMILES string of the molecule is O=C(O)C/C=C/C=C(c1ccc(F)cc1)c1ccc(F)cc1. The van der Waals surface area contributed by atoms with Gasteiger partial charge in [0, 0.05) is 0 Å². The molecule has 0 aliphatic carbocycles. The molecule has 0 bridgehead atoms. The Morgan fingerprint density at radius 3 is 1.77 bits per heavy atom. The predicted octanol–water partition coefficient (Wildman–Crippen LogP) is 4.43. The highest BCUT2D eigenvalue weighted by Gasteiger charge is 2.05. The van der Waals surface area contributed by atoms with Crippen LogP contribution in [0.1, 0.15) is 17.5 Å². The molecular formula is C18H14F2O2. The fourth-order valence-electron chi connectivity index (χ4n) is 1.95. The summed E-state index contributed by atoms with van der Waals surface area (Å²) in [6.07, 6.45) is 4.77. The van der Waals surface area contributed by atoms with Crippen LogP contribution in [-0.4, -0.2) is 11.1 Å². The van der Waals surface area contributed by atoms with E-state index in [-0.39, 0.29) is 18.1 Å². The van der Waals surface area contributed by atoms with Crippen LogP contribution in [0, 0.1) is 11.6 Å².